The molecule has 0 aromatic heterocycles. The van der Waals surface area contributed by atoms with Crippen LogP contribution in [0.25, 0.3) is 0 Å². The Morgan fingerprint density at radius 2 is 1.77 bits per heavy atom. The Morgan fingerprint density at radius 1 is 1.10 bits per heavy atom. The third-order valence-electron chi connectivity index (χ3n) is 6.15. The fourth-order valence-electron chi connectivity index (χ4n) is 4.37. The summed E-state index contributed by atoms with van der Waals surface area (Å²) in [5.41, 5.74) is -0.660. The second-order valence-corrected chi connectivity index (χ2v) is 7.81. The van der Waals surface area contributed by atoms with Crippen molar-refractivity contribution in [3.63, 3.8) is 0 Å². The Balaban J connectivity index is 1.88. The monoisotopic (exact) mass is 414 g/mol. The van der Waals surface area contributed by atoms with Gasteiger partial charge in [0, 0.05) is 31.7 Å². The zero-order valence-corrected chi connectivity index (χ0v) is 18.0. The average molecular weight is 415 g/mol. The lowest BCUT2D eigenvalue weighted by Crippen LogP contribution is -2.57. The van der Waals surface area contributed by atoms with Crippen molar-refractivity contribution in [3.8, 4) is 0 Å². The van der Waals surface area contributed by atoms with Gasteiger partial charge >= 0.3 is 6.03 Å². The summed E-state index contributed by atoms with van der Waals surface area (Å²) in [6.07, 6.45) is 3.97. The zero-order valence-electron chi connectivity index (χ0n) is 18.0. The minimum Gasteiger partial charge on any atom is -0.374 e. The molecule has 1 aromatic rings. The summed E-state index contributed by atoms with van der Waals surface area (Å²) in [5, 5.41) is 0. The number of rotatable bonds is 8. The fourth-order valence-corrected chi connectivity index (χ4v) is 4.37. The highest BCUT2D eigenvalue weighted by Crippen LogP contribution is 2.41. The normalized spacial score (nSPS) is 29.0. The predicted molar refractivity (Wildman–Crippen MR) is 112 cm³/mol. The highest BCUT2D eigenvalue weighted by Gasteiger charge is 2.59. The molecule has 4 unspecified atom stereocenters. The van der Waals surface area contributed by atoms with E-state index in [4.69, 9.17) is 9.47 Å². The number of ether oxygens (including phenoxy) is 2. The van der Waals surface area contributed by atoms with Gasteiger partial charge in [0.15, 0.2) is 5.78 Å². The molecule has 162 valence electrons. The first kappa shape index (κ1) is 22.2. The van der Waals surface area contributed by atoms with Crippen LogP contribution in [0.4, 0.5) is 4.79 Å². The van der Waals surface area contributed by atoms with E-state index in [9.17, 15) is 14.4 Å². The number of carbonyl (C=O) groups is 3. The van der Waals surface area contributed by atoms with E-state index in [1.165, 1.54) is 4.90 Å². The summed E-state index contributed by atoms with van der Waals surface area (Å²) in [6.45, 7) is 6.35. The topological polar surface area (TPSA) is 76.1 Å². The smallest absolute Gasteiger partial charge is 0.327 e. The van der Waals surface area contributed by atoms with Crippen LogP contribution in [0.5, 0.6) is 0 Å². The molecule has 2 aliphatic rings. The van der Waals surface area contributed by atoms with Crippen LogP contribution in [0.15, 0.2) is 42.5 Å². The molecular weight excluding hydrogens is 384 g/mol. The van der Waals surface area contributed by atoms with Gasteiger partial charge in [-0.3, -0.25) is 14.5 Å². The average Bonchev–Trinajstić information content (AvgIpc) is 2.92. The Hall–Kier alpha value is -2.51. The van der Waals surface area contributed by atoms with Crippen LogP contribution < -0.4 is 0 Å². The third-order valence-corrected chi connectivity index (χ3v) is 6.15. The molecule has 1 saturated heterocycles. The van der Waals surface area contributed by atoms with Gasteiger partial charge in [-0.2, -0.15) is 0 Å². The summed E-state index contributed by atoms with van der Waals surface area (Å²) in [5.74, 6) is -0.941. The lowest BCUT2D eigenvalue weighted by Gasteiger charge is -2.43. The summed E-state index contributed by atoms with van der Waals surface area (Å²) in [7, 11) is 1.62. The molecule has 3 amide bonds. The van der Waals surface area contributed by atoms with Gasteiger partial charge in [0.1, 0.15) is 5.54 Å². The Kier molecular flexibility index (Phi) is 6.73. The van der Waals surface area contributed by atoms with E-state index in [1.807, 2.05) is 32.1 Å². The van der Waals surface area contributed by atoms with Crippen molar-refractivity contribution in [1.82, 2.24) is 9.80 Å². The van der Waals surface area contributed by atoms with Gasteiger partial charge in [-0.25, -0.2) is 4.79 Å². The quantitative estimate of drug-likeness (QED) is 0.371. The number of carbonyl (C=O) groups excluding carboxylic acids is 3. The minimum atomic E-state index is -1.13. The number of ketones is 1. The number of amides is 3. The van der Waals surface area contributed by atoms with E-state index in [1.54, 1.807) is 38.2 Å². The molecule has 1 aliphatic heterocycles. The molecule has 0 bridgehead atoms. The SMILES string of the molecule is CCOC1C=CC(OCC)C(C2(C)C(=O)N(CC(=O)c3ccccc3)C(=O)N2C)C1. The first-order valence-corrected chi connectivity index (χ1v) is 10.4. The first-order valence-electron chi connectivity index (χ1n) is 10.4. The zero-order chi connectivity index (χ0) is 21.9. The van der Waals surface area contributed by atoms with Crippen molar-refractivity contribution in [1.29, 1.82) is 0 Å². The second kappa shape index (κ2) is 9.10. The minimum absolute atomic E-state index is 0.148. The van der Waals surface area contributed by atoms with E-state index in [2.05, 4.69) is 0 Å². The molecule has 0 radical (unpaired) electrons. The second-order valence-electron chi connectivity index (χ2n) is 7.81. The van der Waals surface area contributed by atoms with Gasteiger partial charge in [0.05, 0.1) is 18.8 Å². The molecule has 4 atom stereocenters. The van der Waals surface area contributed by atoms with Gasteiger partial charge in [-0.1, -0.05) is 42.5 Å². The standard InChI is InChI=1S/C23H30N2O5/c1-5-29-17-12-13-20(30-6-2)18(14-17)23(3)21(27)25(22(28)24(23)4)15-19(26)16-10-8-7-9-11-16/h7-13,17-18,20H,5-6,14-15H2,1-4H3. The molecule has 1 heterocycles. The third kappa shape index (κ3) is 3.91. The van der Waals surface area contributed by atoms with Crippen molar-refractivity contribution in [2.24, 2.45) is 5.92 Å². The Bertz CT molecular complexity index is 824. The number of nitrogens with zero attached hydrogens (tertiary/aromatic N) is 2. The number of urea groups is 1. The summed E-state index contributed by atoms with van der Waals surface area (Å²) >= 11 is 0. The molecule has 1 aromatic carbocycles. The molecule has 0 spiro atoms. The van der Waals surface area contributed by atoms with E-state index in [-0.39, 0.29) is 36.4 Å². The highest BCUT2D eigenvalue weighted by molar-refractivity contribution is 6.11. The van der Waals surface area contributed by atoms with Crippen LogP contribution >= 0.6 is 0 Å². The van der Waals surface area contributed by atoms with Crippen LogP contribution in [-0.2, 0) is 14.3 Å². The predicted octanol–water partition coefficient (Wildman–Crippen LogP) is 2.91. The van der Waals surface area contributed by atoms with Gasteiger partial charge in [-0.05, 0) is 27.2 Å². The van der Waals surface area contributed by atoms with Crippen LogP contribution in [0, 0.1) is 5.92 Å². The van der Waals surface area contributed by atoms with Crippen molar-refractivity contribution in [2.45, 2.75) is 44.9 Å². The Morgan fingerprint density at radius 3 is 2.40 bits per heavy atom. The number of imide groups is 1. The summed E-state index contributed by atoms with van der Waals surface area (Å²) in [6, 6.07) is 8.22. The maximum Gasteiger partial charge on any atom is 0.327 e. The number of likely N-dealkylation sites (N-methyl/N-ethyl adjacent to an activating group) is 1. The van der Waals surface area contributed by atoms with Crippen molar-refractivity contribution in [2.75, 3.05) is 26.8 Å². The highest BCUT2D eigenvalue weighted by atomic mass is 16.5. The van der Waals surface area contributed by atoms with Gasteiger partial charge in [0.2, 0.25) is 0 Å². The van der Waals surface area contributed by atoms with Crippen LogP contribution in [0.3, 0.4) is 0 Å². The fraction of sp³-hybridized carbons (Fsp3) is 0.522. The van der Waals surface area contributed by atoms with E-state index >= 15 is 0 Å². The largest absolute Gasteiger partial charge is 0.374 e. The molecular formula is C23H30N2O5. The van der Waals surface area contributed by atoms with Crippen LogP contribution in [-0.4, -0.2) is 72.1 Å². The lowest BCUT2D eigenvalue weighted by atomic mass is 9.74. The number of hydrogen-bond acceptors (Lipinski definition) is 5. The first-order chi connectivity index (χ1) is 14.3. The van der Waals surface area contributed by atoms with Gasteiger partial charge in [-0.15, -0.1) is 0 Å². The number of Topliss-reactive ketones (excluding diaryl/α,β-unsaturated/α-hetero) is 1. The molecule has 3 rings (SSSR count). The molecule has 30 heavy (non-hydrogen) atoms. The summed E-state index contributed by atoms with van der Waals surface area (Å²) in [4.78, 5) is 41.7. The molecule has 0 N–H and O–H groups in total. The van der Waals surface area contributed by atoms with E-state index in [0.717, 1.165) is 4.90 Å². The van der Waals surface area contributed by atoms with Gasteiger partial charge < -0.3 is 14.4 Å². The van der Waals surface area contributed by atoms with Gasteiger partial charge in [0.25, 0.3) is 5.91 Å². The molecule has 7 nitrogen and oxygen atoms in total. The maximum absolute atomic E-state index is 13.5. The van der Waals surface area contributed by atoms with Crippen molar-refractivity contribution >= 4 is 17.7 Å². The molecule has 1 aliphatic carbocycles. The van der Waals surface area contributed by atoms with Crippen LogP contribution in [0.2, 0.25) is 0 Å². The molecule has 1 fully saturated rings. The van der Waals surface area contributed by atoms with Crippen molar-refractivity contribution in [3.05, 3.63) is 48.0 Å². The Labute approximate surface area is 177 Å². The number of hydrogen-bond donors (Lipinski definition) is 0. The number of benzene rings is 1. The van der Waals surface area contributed by atoms with Crippen molar-refractivity contribution < 1.29 is 23.9 Å². The molecule has 7 heteroatoms. The van der Waals surface area contributed by atoms with E-state index in [0.29, 0.717) is 25.2 Å². The van der Waals surface area contributed by atoms with Crippen LogP contribution in [0.1, 0.15) is 37.6 Å². The lowest BCUT2D eigenvalue weighted by molar-refractivity contribution is -0.138. The maximum atomic E-state index is 13.5. The summed E-state index contributed by atoms with van der Waals surface area (Å²) < 4.78 is 11.7. The van der Waals surface area contributed by atoms with E-state index < -0.39 is 11.6 Å². The molecule has 0 saturated carbocycles.